The number of likely N-dealkylation sites (N-methyl/N-ethyl adjacent to an activating group) is 2. The number of benzene rings is 1. The molecule has 1 saturated heterocycles. The summed E-state index contributed by atoms with van der Waals surface area (Å²) in [5.41, 5.74) is 4.35. The molecule has 0 unspecified atom stereocenters. The normalized spacial score (nSPS) is 16.3. The van der Waals surface area contributed by atoms with E-state index in [0.717, 1.165) is 44.7 Å². The van der Waals surface area contributed by atoms with E-state index in [9.17, 15) is 9.90 Å². The first-order valence-electron chi connectivity index (χ1n) is 11.6. The number of aromatic carboxylic acids is 1. The number of hydrogen-bond donors (Lipinski definition) is 1. The summed E-state index contributed by atoms with van der Waals surface area (Å²) in [6, 6.07) is 14.4. The number of likely N-dealkylation sites (tertiary alicyclic amines) is 1. The number of carboxylic acid groups (broad SMARTS) is 1. The Balaban J connectivity index is 1.59. The van der Waals surface area contributed by atoms with Crippen molar-refractivity contribution in [2.24, 2.45) is 0 Å². The van der Waals surface area contributed by atoms with Crippen LogP contribution in [0.15, 0.2) is 66.5 Å². The summed E-state index contributed by atoms with van der Waals surface area (Å²) in [7, 11) is 4.23. The number of piperidine rings is 1. The molecule has 1 fully saturated rings. The monoisotopic (exact) mass is 448 g/mol. The molecular formula is C27H36N4O2. The SMILES string of the molecule is C/C=C(/CN(C)C1CCN(Cc2ccccc2)CC1)N(C)/C(=C/C)c1cc(C(=O)O)ccn1. The first-order valence-corrected chi connectivity index (χ1v) is 11.6. The molecule has 1 aliphatic rings. The molecule has 1 aromatic carbocycles. The molecule has 6 heteroatoms. The van der Waals surface area contributed by atoms with Gasteiger partial charge in [0.2, 0.25) is 0 Å². The summed E-state index contributed by atoms with van der Waals surface area (Å²) in [4.78, 5) is 22.9. The number of pyridine rings is 1. The van der Waals surface area contributed by atoms with Crippen molar-refractivity contribution >= 4 is 11.7 Å². The molecule has 1 N–H and O–H groups in total. The minimum atomic E-state index is -0.943. The first-order chi connectivity index (χ1) is 15.9. The number of hydrogen-bond acceptors (Lipinski definition) is 5. The lowest BCUT2D eigenvalue weighted by Crippen LogP contribution is -2.44. The van der Waals surface area contributed by atoms with Gasteiger partial charge >= 0.3 is 5.97 Å². The summed E-state index contributed by atoms with van der Waals surface area (Å²) < 4.78 is 0. The van der Waals surface area contributed by atoms with E-state index in [1.54, 1.807) is 12.3 Å². The Hall–Kier alpha value is -2.96. The molecule has 0 amide bonds. The number of nitrogens with zero attached hydrogens (tertiary/aromatic N) is 4. The number of carboxylic acids is 1. The Bertz CT molecular complexity index is 979. The van der Waals surface area contributed by atoms with Crippen molar-refractivity contribution in [2.75, 3.05) is 33.7 Å². The molecule has 3 rings (SSSR count). The molecule has 176 valence electrons. The maximum atomic E-state index is 11.4. The zero-order valence-electron chi connectivity index (χ0n) is 20.2. The summed E-state index contributed by atoms with van der Waals surface area (Å²) in [5.74, 6) is -0.943. The van der Waals surface area contributed by atoms with Crippen LogP contribution in [0, 0.1) is 0 Å². The van der Waals surface area contributed by atoms with E-state index >= 15 is 0 Å². The smallest absolute Gasteiger partial charge is 0.335 e. The minimum Gasteiger partial charge on any atom is -0.478 e. The van der Waals surface area contributed by atoms with Gasteiger partial charge in [-0.1, -0.05) is 42.5 Å². The van der Waals surface area contributed by atoms with Crippen LogP contribution in [0.25, 0.3) is 5.70 Å². The average molecular weight is 449 g/mol. The number of carbonyl (C=O) groups is 1. The second-order valence-electron chi connectivity index (χ2n) is 8.66. The highest BCUT2D eigenvalue weighted by Crippen LogP contribution is 2.24. The third-order valence-corrected chi connectivity index (χ3v) is 6.51. The molecule has 6 nitrogen and oxygen atoms in total. The topological polar surface area (TPSA) is 59.9 Å². The largest absolute Gasteiger partial charge is 0.478 e. The summed E-state index contributed by atoms with van der Waals surface area (Å²) in [6.07, 6.45) is 7.98. The van der Waals surface area contributed by atoms with E-state index in [2.05, 4.69) is 70.1 Å². The zero-order chi connectivity index (χ0) is 23.8. The molecule has 1 aliphatic heterocycles. The van der Waals surface area contributed by atoms with Gasteiger partial charge in [-0.25, -0.2) is 4.79 Å². The van der Waals surface area contributed by atoms with Gasteiger partial charge in [0.15, 0.2) is 0 Å². The lowest BCUT2D eigenvalue weighted by Gasteiger charge is -2.38. The van der Waals surface area contributed by atoms with Crippen LogP contribution in [0.3, 0.4) is 0 Å². The van der Waals surface area contributed by atoms with Crippen LogP contribution in [0.2, 0.25) is 0 Å². The Kier molecular flexibility index (Phi) is 8.80. The second-order valence-corrected chi connectivity index (χ2v) is 8.66. The van der Waals surface area contributed by atoms with Crippen molar-refractivity contribution in [3.05, 3.63) is 83.3 Å². The Labute approximate surface area is 197 Å². The third kappa shape index (κ3) is 6.53. The van der Waals surface area contributed by atoms with Crippen molar-refractivity contribution in [3.63, 3.8) is 0 Å². The van der Waals surface area contributed by atoms with Crippen LogP contribution in [0.4, 0.5) is 0 Å². The molecule has 0 atom stereocenters. The fraction of sp³-hybridized carbons (Fsp3) is 0.407. The Morgan fingerprint density at radius 1 is 1.12 bits per heavy atom. The van der Waals surface area contributed by atoms with E-state index in [1.807, 2.05) is 20.0 Å². The van der Waals surface area contributed by atoms with Crippen molar-refractivity contribution < 1.29 is 9.90 Å². The molecule has 2 aromatic rings. The third-order valence-electron chi connectivity index (χ3n) is 6.51. The van der Waals surface area contributed by atoms with Crippen LogP contribution in [-0.2, 0) is 6.54 Å². The van der Waals surface area contributed by atoms with Crippen LogP contribution in [0.1, 0.15) is 48.3 Å². The maximum absolute atomic E-state index is 11.4. The predicted molar refractivity (Wildman–Crippen MR) is 134 cm³/mol. The van der Waals surface area contributed by atoms with Gasteiger partial charge in [-0.3, -0.25) is 14.8 Å². The van der Waals surface area contributed by atoms with E-state index in [1.165, 1.54) is 17.3 Å². The number of rotatable bonds is 9. The van der Waals surface area contributed by atoms with Crippen LogP contribution in [0.5, 0.6) is 0 Å². The highest BCUT2D eigenvalue weighted by Gasteiger charge is 2.24. The zero-order valence-corrected chi connectivity index (χ0v) is 20.2. The minimum absolute atomic E-state index is 0.245. The molecular weight excluding hydrogens is 412 g/mol. The first kappa shape index (κ1) is 24.7. The highest BCUT2D eigenvalue weighted by atomic mass is 16.4. The van der Waals surface area contributed by atoms with Gasteiger partial charge in [-0.05, 0) is 64.5 Å². The molecule has 2 heterocycles. The quantitative estimate of drug-likeness (QED) is 0.606. The van der Waals surface area contributed by atoms with Crippen LogP contribution < -0.4 is 0 Å². The molecule has 0 aliphatic carbocycles. The summed E-state index contributed by atoms with van der Waals surface area (Å²) >= 11 is 0. The van der Waals surface area contributed by atoms with Crippen LogP contribution >= 0.6 is 0 Å². The molecule has 1 aromatic heterocycles. The molecule has 0 spiro atoms. The lowest BCUT2D eigenvalue weighted by molar-refractivity contribution is 0.0696. The van der Waals surface area contributed by atoms with E-state index in [-0.39, 0.29) is 5.56 Å². The van der Waals surface area contributed by atoms with Crippen molar-refractivity contribution in [3.8, 4) is 0 Å². The molecule has 33 heavy (non-hydrogen) atoms. The van der Waals surface area contributed by atoms with E-state index in [0.29, 0.717) is 11.7 Å². The van der Waals surface area contributed by atoms with Gasteiger partial charge in [0.05, 0.1) is 17.0 Å². The van der Waals surface area contributed by atoms with Gasteiger partial charge in [-0.2, -0.15) is 0 Å². The maximum Gasteiger partial charge on any atom is 0.335 e. The lowest BCUT2D eigenvalue weighted by atomic mass is 10.0. The van der Waals surface area contributed by atoms with Gasteiger partial charge < -0.3 is 10.0 Å². The average Bonchev–Trinajstić information content (AvgIpc) is 2.84. The van der Waals surface area contributed by atoms with E-state index in [4.69, 9.17) is 0 Å². The predicted octanol–water partition coefficient (Wildman–Crippen LogP) is 4.57. The highest BCUT2D eigenvalue weighted by molar-refractivity contribution is 5.88. The fourth-order valence-electron chi connectivity index (χ4n) is 4.51. The van der Waals surface area contributed by atoms with Gasteiger partial charge in [0.1, 0.15) is 0 Å². The Morgan fingerprint density at radius 3 is 2.42 bits per heavy atom. The Morgan fingerprint density at radius 2 is 1.82 bits per heavy atom. The van der Waals surface area contributed by atoms with Crippen molar-refractivity contribution in [1.29, 1.82) is 0 Å². The van der Waals surface area contributed by atoms with Gasteiger partial charge in [0.25, 0.3) is 0 Å². The fourth-order valence-corrected chi connectivity index (χ4v) is 4.51. The second kappa shape index (κ2) is 11.8. The van der Waals surface area contributed by atoms with Crippen molar-refractivity contribution in [2.45, 2.75) is 39.3 Å². The summed E-state index contributed by atoms with van der Waals surface area (Å²) in [5, 5.41) is 9.34. The molecule has 0 bridgehead atoms. The summed E-state index contributed by atoms with van der Waals surface area (Å²) in [6.45, 7) is 8.07. The van der Waals surface area contributed by atoms with Crippen LogP contribution in [-0.4, -0.2) is 70.5 Å². The standard InChI is InChI=1S/C27H36N4O2/c1-5-23(30(4)26(6-2)25-18-22(27(32)33)12-15-28-25)20-29(3)24-13-16-31(17-14-24)19-21-10-8-7-9-11-21/h5-12,15,18,24H,13-14,16-17,19-20H2,1-4H3,(H,32,33)/b23-5-,26-6+. The molecule has 0 saturated carbocycles. The molecule has 0 radical (unpaired) electrons. The van der Waals surface area contributed by atoms with Crippen molar-refractivity contribution in [1.82, 2.24) is 19.7 Å². The number of aromatic nitrogens is 1. The number of allylic oxidation sites excluding steroid dienone is 2. The van der Waals surface area contributed by atoms with Gasteiger partial charge in [0, 0.05) is 38.1 Å². The van der Waals surface area contributed by atoms with Gasteiger partial charge in [-0.15, -0.1) is 0 Å². The van der Waals surface area contributed by atoms with E-state index < -0.39 is 5.97 Å².